The third-order valence-electron chi connectivity index (χ3n) is 3.15. The van der Waals surface area contributed by atoms with Crippen LogP contribution in [0.25, 0.3) is 10.2 Å². The van der Waals surface area contributed by atoms with Crippen LogP contribution in [0.4, 0.5) is 10.8 Å². The van der Waals surface area contributed by atoms with Crippen LogP contribution in [0.5, 0.6) is 0 Å². The molecule has 0 bridgehead atoms. The van der Waals surface area contributed by atoms with Gasteiger partial charge in [0.05, 0.1) is 21.4 Å². The predicted octanol–water partition coefficient (Wildman–Crippen LogP) is 2.55. The Bertz CT molecular complexity index is 949. The third kappa shape index (κ3) is 3.36. The van der Waals surface area contributed by atoms with Crippen molar-refractivity contribution in [2.75, 3.05) is 5.73 Å². The zero-order valence-electron chi connectivity index (χ0n) is 12.2. The Hall–Kier alpha value is -3.33. The fourth-order valence-electron chi connectivity index (χ4n) is 2.00. The molecule has 24 heavy (non-hydrogen) atoms. The molecular weight excluding hydrogens is 330 g/mol. The van der Waals surface area contributed by atoms with Crippen LogP contribution in [0.3, 0.4) is 0 Å². The number of aromatic nitrogens is 1. The van der Waals surface area contributed by atoms with Crippen molar-refractivity contribution >= 4 is 44.5 Å². The van der Waals surface area contributed by atoms with Gasteiger partial charge in [0.2, 0.25) is 0 Å². The Morgan fingerprint density at radius 2 is 2.04 bits per heavy atom. The molecule has 0 aliphatic heterocycles. The molecule has 0 aliphatic rings. The zero-order valence-corrected chi connectivity index (χ0v) is 13.0. The molecule has 8 nitrogen and oxygen atoms in total. The highest BCUT2D eigenvalue weighted by atomic mass is 32.1. The number of nitro benzene ring substituents is 1. The van der Waals surface area contributed by atoms with Crippen LogP contribution in [-0.2, 0) is 0 Å². The lowest BCUT2D eigenvalue weighted by molar-refractivity contribution is -0.384. The second kappa shape index (κ2) is 6.42. The monoisotopic (exact) mass is 341 g/mol. The van der Waals surface area contributed by atoms with E-state index in [1.807, 2.05) is 0 Å². The lowest BCUT2D eigenvalue weighted by atomic mass is 10.2. The molecule has 0 radical (unpaired) electrons. The summed E-state index contributed by atoms with van der Waals surface area (Å²) < 4.78 is 0.819. The molecule has 0 saturated heterocycles. The minimum Gasteiger partial charge on any atom is -0.375 e. The molecule has 0 aliphatic carbocycles. The van der Waals surface area contributed by atoms with Gasteiger partial charge in [0, 0.05) is 17.7 Å². The Morgan fingerprint density at radius 3 is 2.75 bits per heavy atom. The summed E-state index contributed by atoms with van der Waals surface area (Å²) in [5.41, 5.74) is 9.84. The quantitative estimate of drug-likeness (QED) is 0.429. The van der Waals surface area contributed by atoms with Gasteiger partial charge >= 0.3 is 0 Å². The first-order valence-electron chi connectivity index (χ1n) is 6.77. The Morgan fingerprint density at radius 1 is 1.29 bits per heavy atom. The molecule has 3 rings (SSSR count). The molecule has 1 amide bonds. The number of nitro groups is 1. The first kappa shape index (κ1) is 15.6. The summed E-state index contributed by atoms with van der Waals surface area (Å²) in [4.78, 5) is 26.3. The summed E-state index contributed by atoms with van der Waals surface area (Å²) in [5.74, 6) is -0.373. The average Bonchev–Trinajstić information content (AvgIpc) is 2.94. The average molecular weight is 341 g/mol. The van der Waals surface area contributed by atoms with Crippen LogP contribution in [0, 0.1) is 10.1 Å². The summed E-state index contributed by atoms with van der Waals surface area (Å²) >= 11 is 1.30. The zero-order chi connectivity index (χ0) is 17.1. The van der Waals surface area contributed by atoms with Crippen molar-refractivity contribution in [2.24, 2.45) is 5.10 Å². The van der Waals surface area contributed by atoms with Crippen LogP contribution in [0.15, 0.2) is 47.6 Å². The number of thiazole rings is 1. The topological polar surface area (TPSA) is 124 Å². The molecular formula is C15H11N5O3S. The van der Waals surface area contributed by atoms with Gasteiger partial charge in [-0.15, -0.1) is 0 Å². The van der Waals surface area contributed by atoms with Crippen molar-refractivity contribution in [3.05, 3.63) is 63.7 Å². The second-order valence-corrected chi connectivity index (χ2v) is 5.84. The summed E-state index contributed by atoms with van der Waals surface area (Å²) in [7, 11) is 0. The number of hydrazone groups is 1. The highest BCUT2D eigenvalue weighted by Gasteiger charge is 2.08. The van der Waals surface area contributed by atoms with Crippen LogP contribution < -0.4 is 11.2 Å². The van der Waals surface area contributed by atoms with E-state index in [-0.39, 0.29) is 11.6 Å². The number of rotatable bonds is 4. The number of carbonyl (C=O) groups excluding carboxylic acids is 1. The Kier molecular flexibility index (Phi) is 4.17. The van der Waals surface area contributed by atoms with Crippen molar-refractivity contribution in [1.29, 1.82) is 0 Å². The van der Waals surface area contributed by atoms with Crippen molar-refractivity contribution in [3.63, 3.8) is 0 Å². The molecule has 0 spiro atoms. The lowest BCUT2D eigenvalue weighted by Crippen LogP contribution is -2.17. The molecule has 0 fully saturated rings. The van der Waals surface area contributed by atoms with Crippen molar-refractivity contribution in [2.45, 2.75) is 0 Å². The van der Waals surface area contributed by atoms with E-state index in [2.05, 4.69) is 15.5 Å². The molecule has 1 aromatic heterocycles. The summed E-state index contributed by atoms with van der Waals surface area (Å²) in [6, 6.07) is 10.9. The maximum Gasteiger partial charge on any atom is 0.271 e. The van der Waals surface area contributed by atoms with Crippen molar-refractivity contribution in [1.82, 2.24) is 10.4 Å². The minimum atomic E-state index is -0.481. The van der Waals surface area contributed by atoms with Crippen molar-refractivity contribution in [3.8, 4) is 0 Å². The van der Waals surface area contributed by atoms with Gasteiger partial charge in [-0.25, -0.2) is 10.4 Å². The third-order valence-corrected chi connectivity index (χ3v) is 4.00. The highest BCUT2D eigenvalue weighted by Crippen LogP contribution is 2.24. The maximum absolute atomic E-state index is 12.1. The van der Waals surface area contributed by atoms with Crippen LogP contribution in [0.1, 0.15) is 15.9 Å². The van der Waals surface area contributed by atoms with E-state index in [9.17, 15) is 14.9 Å². The molecule has 9 heteroatoms. The van der Waals surface area contributed by atoms with E-state index >= 15 is 0 Å². The molecule has 0 unspecified atom stereocenters. The van der Waals surface area contributed by atoms with Gasteiger partial charge in [-0.3, -0.25) is 14.9 Å². The number of carbonyl (C=O) groups is 1. The summed E-state index contributed by atoms with van der Waals surface area (Å²) in [5, 5.41) is 14.9. The number of hydrogen-bond acceptors (Lipinski definition) is 7. The molecule has 120 valence electrons. The van der Waals surface area contributed by atoms with Crippen LogP contribution >= 0.6 is 11.3 Å². The SMILES string of the molecule is Nc1nc2ccc(C(=O)N/N=C/c3ccc([N+](=O)[O-])cc3)cc2s1. The molecule has 1 heterocycles. The first-order chi connectivity index (χ1) is 11.5. The van der Waals surface area contributed by atoms with Gasteiger partial charge in [0.1, 0.15) is 0 Å². The van der Waals surface area contributed by atoms with E-state index in [0.717, 1.165) is 10.2 Å². The molecule has 0 atom stereocenters. The summed E-state index contributed by atoms with van der Waals surface area (Å²) in [6.45, 7) is 0. The molecule has 0 saturated carbocycles. The number of fused-ring (bicyclic) bond motifs is 1. The number of anilines is 1. The second-order valence-electron chi connectivity index (χ2n) is 4.78. The van der Waals surface area contributed by atoms with Gasteiger partial charge < -0.3 is 5.73 Å². The molecule has 3 aromatic rings. The predicted molar refractivity (Wildman–Crippen MR) is 92.2 cm³/mol. The van der Waals surface area contributed by atoms with Crippen LogP contribution in [0.2, 0.25) is 0 Å². The van der Waals surface area contributed by atoms with E-state index in [0.29, 0.717) is 16.3 Å². The molecule has 2 aromatic carbocycles. The van der Waals surface area contributed by atoms with E-state index in [1.165, 1.54) is 29.7 Å². The van der Waals surface area contributed by atoms with Gasteiger partial charge in [-0.05, 0) is 35.9 Å². The maximum atomic E-state index is 12.1. The Balaban J connectivity index is 1.68. The van der Waals surface area contributed by atoms with Gasteiger partial charge in [-0.2, -0.15) is 5.10 Å². The number of amides is 1. The van der Waals surface area contributed by atoms with Crippen LogP contribution in [-0.4, -0.2) is 22.0 Å². The van der Waals surface area contributed by atoms with Crippen molar-refractivity contribution < 1.29 is 9.72 Å². The standard InChI is InChI=1S/C15H11N5O3S/c16-15-18-12-6-3-10(7-13(12)24-15)14(21)19-17-8-9-1-4-11(5-2-9)20(22)23/h1-8H,(H2,16,18)(H,19,21)/b17-8+. The van der Waals surface area contributed by atoms with E-state index in [1.54, 1.807) is 30.3 Å². The largest absolute Gasteiger partial charge is 0.375 e. The fourth-order valence-corrected chi connectivity index (χ4v) is 2.77. The van der Waals surface area contributed by atoms with Gasteiger partial charge in [-0.1, -0.05) is 11.3 Å². The summed E-state index contributed by atoms with van der Waals surface area (Å²) in [6.07, 6.45) is 1.41. The van der Waals surface area contributed by atoms with Gasteiger partial charge in [0.25, 0.3) is 11.6 Å². The smallest absolute Gasteiger partial charge is 0.271 e. The fraction of sp³-hybridized carbons (Fsp3) is 0. The number of nitrogens with one attached hydrogen (secondary N) is 1. The number of nitrogens with two attached hydrogens (primary N) is 1. The van der Waals surface area contributed by atoms with E-state index < -0.39 is 4.92 Å². The minimum absolute atomic E-state index is 0.00619. The number of nitrogen functional groups attached to an aromatic ring is 1. The highest BCUT2D eigenvalue weighted by molar-refractivity contribution is 7.22. The normalized spacial score (nSPS) is 11.0. The van der Waals surface area contributed by atoms with E-state index in [4.69, 9.17) is 5.73 Å². The van der Waals surface area contributed by atoms with Gasteiger partial charge in [0.15, 0.2) is 5.13 Å². The lowest BCUT2D eigenvalue weighted by Gasteiger charge is -1.99. The number of non-ortho nitro benzene ring substituents is 1. The molecule has 3 N–H and O–H groups in total. The number of hydrogen-bond donors (Lipinski definition) is 2. The number of benzene rings is 2. The Labute approximate surface area is 139 Å². The number of nitrogens with zero attached hydrogens (tertiary/aromatic N) is 3. The first-order valence-corrected chi connectivity index (χ1v) is 7.58.